The van der Waals surface area contributed by atoms with E-state index in [1.54, 1.807) is 18.2 Å². The van der Waals surface area contributed by atoms with Crippen LogP contribution < -0.4 is 16.4 Å². The first kappa shape index (κ1) is 21.5. The number of furan rings is 1. The lowest BCUT2D eigenvalue weighted by atomic mass is 10.1. The van der Waals surface area contributed by atoms with Crippen molar-refractivity contribution in [2.45, 2.75) is 19.9 Å². The molecule has 1 aromatic carbocycles. The summed E-state index contributed by atoms with van der Waals surface area (Å²) in [6.07, 6.45) is 0. The number of hydrogen-bond acceptors (Lipinski definition) is 6. The average Bonchev–Trinajstić information content (AvgIpc) is 3.01. The zero-order valence-corrected chi connectivity index (χ0v) is 15.5. The maximum Gasteiger partial charge on any atom is 0.373 e. The molecule has 1 heterocycles. The molecule has 0 saturated heterocycles. The molecule has 0 aliphatic carbocycles. The second-order valence-corrected chi connectivity index (χ2v) is 5.89. The van der Waals surface area contributed by atoms with Gasteiger partial charge in [0.25, 0.3) is 0 Å². The lowest BCUT2D eigenvalue weighted by Gasteiger charge is -2.15. The molecule has 26 heavy (non-hydrogen) atoms. The van der Waals surface area contributed by atoms with Gasteiger partial charge in [-0.3, -0.25) is 9.59 Å². The second kappa shape index (κ2) is 9.21. The number of ether oxygens (including phenoxy) is 1. The van der Waals surface area contributed by atoms with Gasteiger partial charge in [-0.1, -0.05) is 13.8 Å². The van der Waals surface area contributed by atoms with Crippen LogP contribution in [0.25, 0.3) is 11.0 Å². The Morgan fingerprint density at radius 3 is 2.54 bits per heavy atom. The molecule has 0 fully saturated rings. The summed E-state index contributed by atoms with van der Waals surface area (Å²) >= 11 is 0. The minimum atomic E-state index is -0.660. The van der Waals surface area contributed by atoms with E-state index in [2.05, 4.69) is 15.4 Å². The van der Waals surface area contributed by atoms with E-state index in [1.165, 1.54) is 13.2 Å². The van der Waals surface area contributed by atoms with Crippen LogP contribution in [0.3, 0.4) is 0 Å². The summed E-state index contributed by atoms with van der Waals surface area (Å²) in [5.41, 5.74) is 6.71. The van der Waals surface area contributed by atoms with Crippen molar-refractivity contribution in [2.75, 3.05) is 19.0 Å². The first-order valence-electron chi connectivity index (χ1n) is 7.77. The van der Waals surface area contributed by atoms with Crippen LogP contribution in [0.1, 0.15) is 24.4 Å². The molecule has 0 spiro atoms. The number of methoxy groups -OCH3 is 1. The fraction of sp³-hybridized carbons (Fsp3) is 0.353. The molecule has 0 aliphatic rings. The van der Waals surface area contributed by atoms with Gasteiger partial charge in [0.15, 0.2) is 0 Å². The molecule has 0 aliphatic heterocycles. The van der Waals surface area contributed by atoms with Crippen LogP contribution in [-0.2, 0) is 14.3 Å². The number of carbonyl (C=O) groups is 3. The second-order valence-electron chi connectivity index (χ2n) is 5.89. The van der Waals surface area contributed by atoms with Crippen molar-refractivity contribution in [1.82, 2.24) is 5.32 Å². The summed E-state index contributed by atoms with van der Waals surface area (Å²) in [6.45, 7) is 3.47. The highest BCUT2D eigenvalue weighted by molar-refractivity contribution is 5.98. The lowest BCUT2D eigenvalue weighted by Crippen LogP contribution is -2.46. The molecular formula is C17H22ClN3O5. The number of benzene rings is 1. The van der Waals surface area contributed by atoms with Gasteiger partial charge in [0, 0.05) is 11.1 Å². The third kappa shape index (κ3) is 5.21. The fourth-order valence-corrected chi connectivity index (χ4v) is 2.12. The molecule has 2 rings (SSSR count). The Kier molecular flexibility index (Phi) is 7.60. The summed E-state index contributed by atoms with van der Waals surface area (Å²) < 4.78 is 9.95. The van der Waals surface area contributed by atoms with Crippen molar-refractivity contribution in [3.8, 4) is 0 Å². The molecule has 0 bridgehead atoms. The third-order valence-electron chi connectivity index (χ3n) is 3.63. The molecule has 0 radical (unpaired) electrons. The van der Waals surface area contributed by atoms with E-state index in [0.29, 0.717) is 16.7 Å². The predicted molar refractivity (Wildman–Crippen MR) is 99.3 cm³/mol. The molecule has 2 aromatic rings. The van der Waals surface area contributed by atoms with Gasteiger partial charge >= 0.3 is 5.97 Å². The maximum atomic E-state index is 11.9. The lowest BCUT2D eigenvalue weighted by molar-refractivity contribution is -0.125. The summed E-state index contributed by atoms with van der Waals surface area (Å²) in [4.78, 5) is 35.1. The van der Waals surface area contributed by atoms with Crippen LogP contribution in [0.15, 0.2) is 28.7 Å². The largest absolute Gasteiger partial charge is 0.463 e. The third-order valence-corrected chi connectivity index (χ3v) is 3.63. The SMILES string of the molecule is COC(=O)c1cc2cc(NC(=O)CNC(=O)[C@@H](N)C(C)C)ccc2o1.Cl. The van der Waals surface area contributed by atoms with Gasteiger partial charge in [0.1, 0.15) is 5.58 Å². The number of nitrogens with one attached hydrogen (secondary N) is 2. The van der Waals surface area contributed by atoms with E-state index in [1.807, 2.05) is 13.8 Å². The Hall–Kier alpha value is -2.58. The van der Waals surface area contributed by atoms with E-state index in [-0.39, 0.29) is 42.4 Å². The van der Waals surface area contributed by atoms with Crippen molar-refractivity contribution < 1.29 is 23.5 Å². The van der Waals surface area contributed by atoms with Crippen LogP contribution in [-0.4, -0.2) is 37.5 Å². The Morgan fingerprint density at radius 1 is 1.23 bits per heavy atom. The van der Waals surface area contributed by atoms with Crippen LogP contribution >= 0.6 is 12.4 Å². The quantitative estimate of drug-likeness (QED) is 0.652. The van der Waals surface area contributed by atoms with Gasteiger partial charge < -0.3 is 25.5 Å². The van der Waals surface area contributed by atoms with E-state index in [4.69, 9.17) is 10.2 Å². The number of halogens is 1. The van der Waals surface area contributed by atoms with E-state index in [9.17, 15) is 14.4 Å². The number of amides is 2. The van der Waals surface area contributed by atoms with Crippen LogP contribution in [0, 0.1) is 5.92 Å². The molecule has 142 valence electrons. The number of fused-ring (bicyclic) bond motifs is 1. The molecule has 8 nitrogen and oxygen atoms in total. The van der Waals surface area contributed by atoms with Crippen LogP contribution in [0.4, 0.5) is 5.69 Å². The average molecular weight is 384 g/mol. The van der Waals surface area contributed by atoms with Crippen molar-refractivity contribution in [1.29, 1.82) is 0 Å². The summed E-state index contributed by atoms with van der Waals surface area (Å²) in [5, 5.41) is 5.79. The molecule has 0 unspecified atom stereocenters. The summed E-state index contributed by atoms with van der Waals surface area (Å²) in [5.74, 6) is -1.28. The zero-order valence-electron chi connectivity index (χ0n) is 14.7. The monoisotopic (exact) mass is 383 g/mol. The van der Waals surface area contributed by atoms with Crippen molar-refractivity contribution in [3.63, 3.8) is 0 Å². The van der Waals surface area contributed by atoms with Crippen LogP contribution in [0.2, 0.25) is 0 Å². The number of rotatable bonds is 6. The number of nitrogens with two attached hydrogens (primary N) is 1. The number of esters is 1. The molecule has 9 heteroatoms. The Balaban J connectivity index is 0.00000338. The molecule has 0 saturated carbocycles. The number of carbonyl (C=O) groups excluding carboxylic acids is 3. The highest BCUT2D eigenvalue weighted by Gasteiger charge is 2.18. The number of hydrogen-bond donors (Lipinski definition) is 3. The minimum Gasteiger partial charge on any atom is -0.463 e. The standard InChI is InChI=1S/C17H21N3O5.ClH/c1-9(2)15(18)16(22)19-8-14(21)20-11-4-5-12-10(6-11)7-13(25-12)17(23)24-3;/h4-7,9,15H,8,18H2,1-3H3,(H,19,22)(H,20,21);1H/t15-;/m0./s1. The molecule has 4 N–H and O–H groups in total. The Bertz CT molecular complexity index is 803. The summed E-state index contributed by atoms with van der Waals surface area (Å²) in [6, 6.07) is 5.79. The highest BCUT2D eigenvalue weighted by Crippen LogP contribution is 2.23. The fourth-order valence-electron chi connectivity index (χ4n) is 2.12. The van der Waals surface area contributed by atoms with Crippen molar-refractivity contribution in [3.05, 3.63) is 30.0 Å². The molecule has 2 amide bonds. The maximum absolute atomic E-state index is 11.9. The van der Waals surface area contributed by atoms with Gasteiger partial charge in [-0.25, -0.2) is 4.79 Å². The molecule has 1 aromatic heterocycles. The van der Waals surface area contributed by atoms with Gasteiger partial charge in [-0.2, -0.15) is 0 Å². The molecule has 1 atom stereocenters. The summed E-state index contributed by atoms with van der Waals surface area (Å²) in [7, 11) is 1.26. The zero-order chi connectivity index (χ0) is 18.6. The number of anilines is 1. The normalized spacial score (nSPS) is 11.6. The predicted octanol–water partition coefficient (Wildman–Crippen LogP) is 1.68. The van der Waals surface area contributed by atoms with Crippen molar-refractivity contribution in [2.24, 2.45) is 11.7 Å². The molecular weight excluding hydrogens is 362 g/mol. The van der Waals surface area contributed by atoms with Gasteiger partial charge in [-0.05, 0) is 30.2 Å². The van der Waals surface area contributed by atoms with Gasteiger partial charge in [0.05, 0.1) is 19.7 Å². The Morgan fingerprint density at radius 2 is 1.92 bits per heavy atom. The first-order chi connectivity index (χ1) is 11.8. The topological polar surface area (TPSA) is 124 Å². The highest BCUT2D eigenvalue weighted by atomic mass is 35.5. The smallest absolute Gasteiger partial charge is 0.373 e. The van der Waals surface area contributed by atoms with Crippen LogP contribution in [0.5, 0.6) is 0 Å². The first-order valence-corrected chi connectivity index (χ1v) is 7.77. The Labute approximate surface area is 156 Å². The van der Waals surface area contributed by atoms with Crippen molar-refractivity contribution >= 4 is 46.8 Å². The van der Waals surface area contributed by atoms with E-state index < -0.39 is 12.0 Å². The van der Waals surface area contributed by atoms with Gasteiger partial charge in [-0.15, -0.1) is 12.4 Å². The van der Waals surface area contributed by atoms with Gasteiger partial charge in [0.2, 0.25) is 17.6 Å². The van der Waals surface area contributed by atoms with E-state index >= 15 is 0 Å². The minimum absolute atomic E-state index is 0. The van der Waals surface area contributed by atoms with E-state index in [0.717, 1.165) is 0 Å².